The fourth-order valence-electron chi connectivity index (χ4n) is 1.60. The van der Waals surface area contributed by atoms with Gasteiger partial charge >= 0.3 is 0 Å². The summed E-state index contributed by atoms with van der Waals surface area (Å²) >= 11 is 9.45. The Morgan fingerprint density at radius 1 is 1.11 bits per heavy atom. The van der Waals surface area contributed by atoms with Gasteiger partial charge in [0.15, 0.2) is 0 Å². The highest BCUT2D eigenvalue weighted by molar-refractivity contribution is 9.08. The second kappa shape index (κ2) is 6.03. The summed E-state index contributed by atoms with van der Waals surface area (Å²) in [7, 11) is 0. The number of benzene rings is 2. The monoisotopic (exact) mass is 323 g/mol. The first-order chi connectivity index (χ1) is 8.72. The van der Waals surface area contributed by atoms with Crippen LogP contribution < -0.4 is 5.32 Å². The van der Waals surface area contributed by atoms with E-state index in [1.807, 2.05) is 30.3 Å². The van der Waals surface area contributed by atoms with Gasteiger partial charge in [-0.1, -0.05) is 51.8 Å². The molecule has 0 spiro atoms. The molecule has 2 rings (SSSR count). The lowest BCUT2D eigenvalue weighted by Crippen LogP contribution is -2.13. The van der Waals surface area contributed by atoms with Crippen molar-refractivity contribution in [2.45, 2.75) is 5.33 Å². The first-order valence-corrected chi connectivity index (χ1v) is 6.92. The van der Waals surface area contributed by atoms with Gasteiger partial charge in [-0.05, 0) is 24.3 Å². The molecule has 0 saturated carbocycles. The number of halogens is 2. The summed E-state index contributed by atoms with van der Waals surface area (Å²) in [6, 6.07) is 14.5. The van der Waals surface area contributed by atoms with E-state index >= 15 is 0 Å². The Morgan fingerprint density at radius 2 is 1.83 bits per heavy atom. The summed E-state index contributed by atoms with van der Waals surface area (Å²) in [5.74, 6) is -0.139. The van der Waals surface area contributed by atoms with E-state index in [-0.39, 0.29) is 5.91 Å². The molecule has 2 aromatic carbocycles. The van der Waals surface area contributed by atoms with E-state index in [1.54, 1.807) is 18.2 Å². The minimum Gasteiger partial charge on any atom is -0.322 e. The van der Waals surface area contributed by atoms with Crippen molar-refractivity contribution >= 4 is 39.1 Å². The molecule has 0 heterocycles. The van der Waals surface area contributed by atoms with Crippen molar-refractivity contribution < 1.29 is 4.79 Å². The summed E-state index contributed by atoms with van der Waals surface area (Å²) < 4.78 is 0. The highest BCUT2D eigenvalue weighted by atomic mass is 79.9. The van der Waals surface area contributed by atoms with E-state index in [0.29, 0.717) is 15.9 Å². The number of carbonyl (C=O) groups excluding carboxylic acids is 1. The summed E-state index contributed by atoms with van der Waals surface area (Å²) in [5.41, 5.74) is 2.23. The number of nitrogens with one attached hydrogen (secondary N) is 1. The second-order valence-electron chi connectivity index (χ2n) is 3.72. The van der Waals surface area contributed by atoms with Crippen LogP contribution in [0, 0.1) is 0 Å². The molecular weight excluding hydrogens is 314 g/mol. The van der Waals surface area contributed by atoms with Crippen molar-refractivity contribution in [1.29, 1.82) is 0 Å². The van der Waals surface area contributed by atoms with Crippen molar-refractivity contribution in [3.8, 4) is 0 Å². The van der Waals surface area contributed by atoms with E-state index < -0.39 is 0 Å². The molecule has 18 heavy (non-hydrogen) atoms. The van der Waals surface area contributed by atoms with Gasteiger partial charge < -0.3 is 5.32 Å². The lowest BCUT2D eigenvalue weighted by Gasteiger charge is -2.10. The third-order valence-corrected chi connectivity index (χ3v) is 3.45. The van der Waals surface area contributed by atoms with Gasteiger partial charge in [-0.15, -0.1) is 0 Å². The van der Waals surface area contributed by atoms with E-state index in [4.69, 9.17) is 11.6 Å². The summed E-state index contributed by atoms with van der Waals surface area (Å²) in [4.78, 5) is 12.0. The molecule has 0 aromatic heterocycles. The number of hydrogen-bond acceptors (Lipinski definition) is 1. The Kier molecular flexibility index (Phi) is 4.39. The number of alkyl halides is 1. The maximum atomic E-state index is 12.0. The van der Waals surface area contributed by atoms with Crippen molar-refractivity contribution in [2.24, 2.45) is 0 Å². The predicted octanol–water partition coefficient (Wildman–Crippen LogP) is 4.49. The molecule has 0 atom stereocenters. The maximum Gasteiger partial charge on any atom is 0.255 e. The van der Waals surface area contributed by atoms with Gasteiger partial charge in [0.05, 0.1) is 0 Å². The van der Waals surface area contributed by atoms with Crippen LogP contribution in [0.2, 0.25) is 5.02 Å². The molecule has 2 aromatic rings. The summed E-state index contributed by atoms with van der Waals surface area (Å²) in [6.45, 7) is 0. The van der Waals surface area contributed by atoms with Gasteiger partial charge in [0.1, 0.15) is 0 Å². The minimum atomic E-state index is -0.139. The number of anilines is 1. The number of hydrogen-bond donors (Lipinski definition) is 1. The van der Waals surface area contributed by atoms with Crippen molar-refractivity contribution in [3.63, 3.8) is 0 Å². The topological polar surface area (TPSA) is 29.1 Å². The third kappa shape index (κ3) is 2.92. The molecule has 0 unspecified atom stereocenters. The highest BCUT2D eigenvalue weighted by Gasteiger charge is 2.10. The molecule has 0 bridgehead atoms. The molecule has 1 amide bonds. The predicted molar refractivity (Wildman–Crippen MR) is 78.5 cm³/mol. The molecular formula is C14H11BrClNO. The van der Waals surface area contributed by atoms with Crippen LogP contribution in [0.4, 0.5) is 5.69 Å². The number of amides is 1. The van der Waals surface area contributed by atoms with Crippen LogP contribution >= 0.6 is 27.5 Å². The van der Waals surface area contributed by atoms with Crippen molar-refractivity contribution in [3.05, 3.63) is 64.7 Å². The Balaban J connectivity index is 2.25. The Labute approximate surface area is 119 Å². The SMILES string of the molecule is O=C(Nc1cccc(Cl)c1CBr)c1ccccc1. The zero-order chi connectivity index (χ0) is 13.0. The zero-order valence-corrected chi connectivity index (χ0v) is 11.8. The van der Waals surface area contributed by atoms with Crippen LogP contribution in [0.5, 0.6) is 0 Å². The summed E-state index contributed by atoms with van der Waals surface area (Å²) in [6.07, 6.45) is 0. The molecule has 0 saturated heterocycles. The lowest BCUT2D eigenvalue weighted by atomic mass is 10.1. The van der Waals surface area contributed by atoms with Gasteiger partial charge in [-0.2, -0.15) is 0 Å². The third-order valence-electron chi connectivity index (χ3n) is 2.54. The van der Waals surface area contributed by atoms with Crippen LogP contribution in [-0.4, -0.2) is 5.91 Å². The Morgan fingerprint density at radius 3 is 2.50 bits per heavy atom. The van der Waals surface area contributed by atoms with E-state index in [9.17, 15) is 4.79 Å². The number of rotatable bonds is 3. The Bertz CT molecular complexity index is 557. The smallest absolute Gasteiger partial charge is 0.255 e. The average molecular weight is 325 g/mol. The van der Waals surface area contributed by atoms with Crippen LogP contribution in [-0.2, 0) is 5.33 Å². The van der Waals surface area contributed by atoms with Gasteiger partial charge in [-0.25, -0.2) is 0 Å². The van der Waals surface area contributed by atoms with Gasteiger partial charge in [-0.3, -0.25) is 4.79 Å². The van der Waals surface area contributed by atoms with Gasteiger partial charge in [0, 0.05) is 27.2 Å². The zero-order valence-electron chi connectivity index (χ0n) is 9.49. The number of carbonyl (C=O) groups is 1. The molecule has 4 heteroatoms. The van der Waals surface area contributed by atoms with Crippen molar-refractivity contribution in [1.82, 2.24) is 0 Å². The molecule has 0 radical (unpaired) electrons. The first kappa shape index (κ1) is 13.1. The molecule has 2 nitrogen and oxygen atoms in total. The highest BCUT2D eigenvalue weighted by Crippen LogP contribution is 2.26. The van der Waals surface area contributed by atoms with Crippen LogP contribution in [0.25, 0.3) is 0 Å². The van der Waals surface area contributed by atoms with E-state index in [2.05, 4.69) is 21.2 Å². The van der Waals surface area contributed by atoms with Crippen LogP contribution in [0.3, 0.4) is 0 Å². The average Bonchev–Trinajstić information content (AvgIpc) is 2.40. The van der Waals surface area contributed by atoms with E-state index in [1.165, 1.54) is 0 Å². The van der Waals surface area contributed by atoms with Crippen molar-refractivity contribution in [2.75, 3.05) is 5.32 Å². The lowest BCUT2D eigenvalue weighted by molar-refractivity contribution is 0.102. The summed E-state index contributed by atoms with van der Waals surface area (Å²) in [5, 5.41) is 4.10. The molecule has 0 fully saturated rings. The largest absolute Gasteiger partial charge is 0.322 e. The normalized spacial score (nSPS) is 10.1. The standard InChI is InChI=1S/C14H11BrClNO/c15-9-11-12(16)7-4-8-13(11)17-14(18)10-5-2-1-3-6-10/h1-8H,9H2,(H,17,18). The molecule has 0 aliphatic heterocycles. The minimum absolute atomic E-state index is 0.139. The quantitative estimate of drug-likeness (QED) is 0.828. The maximum absolute atomic E-state index is 12.0. The van der Waals surface area contributed by atoms with Crippen LogP contribution in [0.1, 0.15) is 15.9 Å². The molecule has 0 aliphatic carbocycles. The second-order valence-corrected chi connectivity index (χ2v) is 4.69. The first-order valence-electron chi connectivity index (χ1n) is 5.42. The van der Waals surface area contributed by atoms with Gasteiger partial charge in [0.2, 0.25) is 0 Å². The van der Waals surface area contributed by atoms with E-state index in [0.717, 1.165) is 11.3 Å². The molecule has 92 valence electrons. The van der Waals surface area contributed by atoms with Crippen LogP contribution in [0.15, 0.2) is 48.5 Å². The fraction of sp³-hybridized carbons (Fsp3) is 0.0714. The Hall–Kier alpha value is -1.32. The molecule has 1 N–H and O–H groups in total. The fourth-order valence-corrected chi connectivity index (χ4v) is 2.60. The van der Waals surface area contributed by atoms with Gasteiger partial charge in [0.25, 0.3) is 5.91 Å². The molecule has 0 aliphatic rings.